The first-order valence-electron chi connectivity index (χ1n) is 11.8. The zero-order valence-corrected chi connectivity index (χ0v) is 21.2. The van der Waals surface area contributed by atoms with Crippen LogP contribution in [0.1, 0.15) is 27.9 Å². The summed E-state index contributed by atoms with van der Waals surface area (Å²) in [5.41, 5.74) is 2.56. The molecule has 8 nitrogen and oxygen atoms in total. The van der Waals surface area contributed by atoms with Crippen LogP contribution in [0.2, 0.25) is 0 Å². The maximum Gasteiger partial charge on any atom is 0.259 e. The number of nitrogens with one attached hydrogen (secondary N) is 1. The molecule has 3 aromatic carbocycles. The fourth-order valence-electron chi connectivity index (χ4n) is 4.07. The number of ketones is 1. The highest BCUT2D eigenvalue weighted by atomic mass is 32.2. The number of carbonyl (C=O) groups excluding carboxylic acids is 3. The van der Waals surface area contributed by atoms with Crippen molar-refractivity contribution in [3.8, 4) is 5.75 Å². The fourth-order valence-corrected chi connectivity index (χ4v) is 4.97. The second kappa shape index (κ2) is 11.0. The lowest BCUT2D eigenvalue weighted by Crippen LogP contribution is -2.42. The summed E-state index contributed by atoms with van der Waals surface area (Å²) in [6.45, 7) is 0.306. The summed E-state index contributed by atoms with van der Waals surface area (Å²) in [6, 6.07) is 19.0. The smallest absolute Gasteiger partial charge is 0.259 e. The molecule has 38 heavy (non-hydrogen) atoms. The summed E-state index contributed by atoms with van der Waals surface area (Å²) in [5.74, 6) is -0.217. The van der Waals surface area contributed by atoms with E-state index in [1.165, 1.54) is 29.2 Å². The van der Waals surface area contributed by atoms with Gasteiger partial charge < -0.3 is 10.1 Å². The van der Waals surface area contributed by atoms with E-state index in [2.05, 4.69) is 15.3 Å². The van der Waals surface area contributed by atoms with Gasteiger partial charge in [0.2, 0.25) is 5.91 Å². The second-order valence-corrected chi connectivity index (χ2v) is 9.54. The van der Waals surface area contributed by atoms with Gasteiger partial charge >= 0.3 is 0 Å². The molecule has 2 aliphatic heterocycles. The lowest BCUT2D eigenvalue weighted by atomic mass is 10.1. The number of rotatable bonds is 8. The third-order valence-corrected chi connectivity index (χ3v) is 7.01. The highest BCUT2D eigenvalue weighted by Crippen LogP contribution is 2.34. The van der Waals surface area contributed by atoms with E-state index in [0.29, 0.717) is 34.4 Å². The largest absolute Gasteiger partial charge is 0.497 e. The molecule has 5 rings (SSSR count). The van der Waals surface area contributed by atoms with Crippen molar-refractivity contribution >= 4 is 46.1 Å². The number of halogens is 1. The van der Waals surface area contributed by atoms with Gasteiger partial charge in [-0.1, -0.05) is 36.0 Å². The highest BCUT2D eigenvalue weighted by Gasteiger charge is 2.42. The standard InChI is InChI=1S/C28H23FN4O4S/c1-37-20-12-6-17(7-13-20)15-30-25(35)14-23-27(36)33-26(31-23)21-4-2-3-5-22(21)32-28(33)38-16-24(34)18-8-10-19(29)11-9-18/h2-13,23H,14-16H2,1H3,(H,30,35)/t23-/m0/s1. The molecule has 0 unspecified atom stereocenters. The molecule has 0 saturated heterocycles. The van der Waals surface area contributed by atoms with Crippen LogP contribution < -0.4 is 10.1 Å². The molecule has 0 spiro atoms. The molecule has 2 heterocycles. The number of hydrogen-bond acceptors (Lipinski definition) is 7. The normalized spacial score (nSPS) is 15.8. The molecule has 2 amide bonds. The number of amides is 2. The maximum atomic E-state index is 13.4. The number of aliphatic imine (C=N–C) groups is 2. The Morgan fingerprint density at radius 3 is 2.53 bits per heavy atom. The van der Waals surface area contributed by atoms with Crippen molar-refractivity contribution in [2.45, 2.75) is 19.0 Å². The first-order valence-corrected chi connectivity index (χ1v) is 12.8. The molecule has 0 radical (unpaired) electrons. The summed E-state index contributed by atoms with van der Waals surface area (Å²) >= 11 is 1.10. The number of nitrogens with zero attached hydrogens (tertiary/aromatic N) is 3. The Morgan fingerprint density at radius 2 is 1.79 bits per heavy atom. The van der Waals surface area contributed by atoms with Gasteiger partial charge in [-0.15, -0.1) is 0 Å². The summed E-state index contributed by atoms with van der Waals surface area (Å²) < 4.78 is 18.4. The number of thioether (sulfide) groups is 1. The van der Waals surface area contributed by atoms with Crippen LogP contribution in [0.15, 0.2) is 82.8 Å². The predicted octanol–water partition coefficient (Wildman–Crippen LogP) is 4.12. The molecule has 0 aromatic heterocycles. The fraction of sp³-hybridized carbons (Fsp3) is 0.179. The van der Waals surface area contributed by atoms with Crippen molar-refractivity contribution in [2.75, 3.05) is 12.9 Å². The molecule has 0 aliphatic carbocycles. The van der Waals surface area contributed by atoms with Crippen LogP contribution in [0.4, 0.5) is 10.1 Å². The first-order chi connectivity index (χ1) is 18.4. The zero-order valence-electron chi connectivity index (χ0n) is 20.4. The third-order valence-electron chi connectivity index (χ3n) is 6.07. The van der Waals surface area contributed by atoms with Gasteiger partial charge in [0.05, 0.1) is 25.0 Å². The van der Waals surface area contributed by atoms with Crippen LogP contribution >= 0.6 is 11.8 Å². The Hall–Kier alpha value is -4.31. The Balaban J connectivity index is 1.29. The highest BCUT2D eigenvalue weighted by molar-refractivity contribution is 8.14. The average molecular weight is 531 g/mol. The minimum atomic E-state index is -0.911. The molecule has 10 heteroatoms. The Labute approximate surface area is 222 Å². The average Bonchev–Trinajstić information content (AvgIpc) is 3.27. The molecule has 2 aliphatic rings. The number of benzene rings is 3. The number of para-hydroxylation sites is 1. The van der Waals surface area contributed by atoms with Crippen molar-refractivity contribution in [3.63, 3.8) is 0 Å². The van der Waals surface area contributed by atoms with E-state index in [1.54, 1.807) is 13.2 Å². The van der Waals surface area contributed by atoms with Crippen molar-refractivity contribution < 1.29 is 23.5 Å². The van der Waals surface area contributed by atoms with Crippen LogP contribution in [0.25, 0.3) is 0 Å². The molecular weight excluding hydrogens is 507 g/mol. The number of methoxy groups -OCH3 is 1. The topological polar surface area (TPSA) is 100 Å². The summed E-state index contributed by atoms with van der Waals surface area (Å²) in [6.07, 6.45) is -0.121. The number of carbonyl (C=O) groups is 3. The molecule has 3 aromatic rings. The quantitative estimate of drug-likeness (QED) is 0.442. The van der Waals surface area contributed by atoms with Gasteiger partial charge in [0.25, 0.3) is 5.91 Å². The van der Waals surface area contributed by atoms with Crippen LogP contribution in [-0.4, -0.2) is 52.4 Å². The van der Waals surface area contributed by atoms with E-state index in [-0.39, 0.29) is 29.8 Å². The molecule has 192 valence electrons. The summed E-state index contributed by atoms with van der Waals surface area (Å²) in [5, 5.41) is 3.14. The van der Waals surface area contributed by atoms with Crippen molar-refractivity contribution in [1.29, 1.82) is 0 Å². The first kappa shape index (κ1) is 25.3. The van der Waals surface area contributed by atoms with Crippen LogP contribution in [0, 0.1) is 5.82 Å². The van der Waals surface area contributed by atoms with Gasteiger partial charge in [-0.2, -0.15) is 0 Å². The number of ether oxygens (including phenoxy) is 1. The van der Waals surface area contributed by atoms with Gasteiger partial charge in [0.15, 0.2) is 11.0 Å². The van der Waals surface area contributed by atoms with E-state index >= 15 is 0 Å². The van der Waals surface area contributed by atoms with Crippen molar-refractivity contribution in [3.05, 3.63) is 95.3 Å². The SMILES string of the molecule is COc1ccc(CNC(=O)C[C@@H]2N=C3c4ccccc4N=C(SCC(=O)c4ccc(F)cc4)N3C2=O)cc1. The van der Waals surface area contributed by atoms with E-state index in [0.717, 1.165) is 23.1 Å². The Kier molecular flexibility index (Phi) is 7.32. The molecule has 0 bridgehead atoms. The van der Waals surface area contributed by atoms with E-state index < -0.39 is 11.9 Å². The van der Waals surface area contributed by atoms with E-state index in [1.807, 2.05) is 42.5 Å². The lowest BCUT2D eigenvalue weighted by molar-refractivity contribution is -0.128. The number of amidine groups is 2. The van der Waals surface area contributed by atoms with Gasteiger partial charge in [0, 0.05) is 17.7 Å². The lowest BCUT2D eigenvalue weighted by Gasteiger charge is -2.25. The maximum absolute atomic E-state index is 13.4. The molecule has 1 N–H and O–H groups in total. The van der Waals surface area contributed by atoms with Gasteiger partial charge in [-0.05, 0) is 54.1 Å². The monoisotopic (exact) mass is 530 g/mol. The van der Waals surface area contributed by atoms with E-state index in [9.17, 15) is 18.8 Å². The van der Waals surface area contributed by atoms with Crippen molar-refractivity contribution in [2.24, 2.45) is 9.98 Å². The third kappa shape index (κ3) is 5.35. The molecule has 0 saturated carbocycles. The Morgan fingerprint density at radius 1 is 1.05 bits per heavy atom. The predicted molar refractivity (Wildman–Crippen MR) is 143 cm³/mol. The molecular formula is C28H23FN4O4S. The van der Waals surface area contributed by atoms with Gasteiger partial charge in [0.1, 0.15) is 23.4 Å². The summed E-state index contributed by atoms with van der Waals surface area (Å²) in [7, 11) is 1.58. The second-order valence-electron chi connectivity index (χ2n) is 8.60. The summed E-state index contributed by atoms with van der Waals surface area (Å²) in [4.78, 5) is 49.3. The Bertz CT molecular complexity index is 1450. The number of fused-ring (bicyclic) bond motifs is 3. The van der Waals surface area contributed by atoms with Gasteiger partial charge in [-0.3, -0.25) is 19.4 Å². The zero-order chi connectivity index (χ0) is 26.6. The molecule has 0 fully saturated rings. The number of hydrogen-bond donors (Lipinski definition) is 1. The number of Topliss-reactive ketones (excluding diaryl/α,β-unsaturated/α-hetero) is 1. The van der Waals surface area contributed by atoms with Crippen LogP contribution in [0.3, 0.4) is 0 Å². The van der Waals surface area contributed by atoms with Crippen LogP contribution in [0.5, 0.6) is 5.75 Å². The minimum Gasteiger partial charge on any atom is -0.497 e. The van der Waals surface area contributed by atoms with E-state index in [4.69, 9.17) is 4.74 Å². The molecule has 1 atom stereocenters. The van der Waals surface area contributed by atoms with Gasteiger partial charge in [-0.25, -0.2) is 14.3 Å². The minimum absolute atomic E-state index is 0.00327. The van der Waals surface area contributed by atoms with Crippen LogP contribution in [-0.2, 0) is 16.1 Å². The van der Waals surface area contributed by atoms with Crippen molar-refractivity contribution in [1.82, 2.24) is 10.2 Å².